The number of carbonyl (C=O) groups excluding carboxylic acids is 1. The van der Waals surface area contributed by atoms with Crippen molar-refractivity contribution in [1.82, 2.24) is 9.55 Å². The van der Waals surface area contributed by atoms with E-state index < -0.39 is 0 Å². The number of hydrogen-bond acceptors (Lipinski definition) is 3. The zero-order chi connectivity index (χ0) is 12.3. The maximum absolute atomic E-state index is 11.5. The Bertz CT molecular complexity index is 516. The number of Topliss-reactive ketones (excluding diaryl/α,β-unsaturated/α-hetero) is 1. The molecule has 0 saturated carbocycles. The van der Waals surface area contributed by atoms with E-state index in [1.54, 1.807) is 18.0 Å². The van der Waals surface area contributed by atoms with Crippen LogP contribution in [0.1, 0.15) is 23.7 Å². The lowest BCUT2D eigenvalue weighted by Crippen LogP contribution is -1.95. The Labute approximate surface area is 105 Å². The van der Waals surface area contributed by atoms with Crippen molar-refractivity contribution in [2.75, 3.05) is 0 Å². The number of hydrogen-bond donors (Lipinski definition) is 0. The van der Waals surface area contributed by atoms with Crippen LogP contribution >= 0.6 is 11.8 Å². The minimum atomic E-state index is 0.179. The largest absolute Gasteiger partial charge is 0.329 e. The van der Waals surface area contributed by atoms with Crippen molar-refractivity contribution in [2.24, 2.45) is 7.05 Å². The second-order valence-electron chi connectivity index (χ2n) is 3.72. The summed E-state index contributed by atoms with van der Waals surface area (Å²) in [5.74, 6) is 0.179. The number of nitrogens with zero attached hydrogens (tertiary/aromatic N) is 2. The molecule has 3 nitrogen and oxygen atoms in total. The molecule has 0 unspecified atom stereocenters. The minimum Gasteiger partial charge on any atom is -0.329 e. The van der Waals surface area contributed by atoms with E-state index >= 15 is 0 Å². The highest BCUT2D eigenvalue weighted by atomic mass is 32.2. The first kappa shape index (κ1) is 11.9. The van der Waals surface area contributed by atoms with Crippen molar-refractivity contribution in [1.29, 1.82) is 0 Å². The molecule has 0 amide bonds. The molecular formula is C13H14N2OS. The number of aryl methyl sites for hydroxylation is 1. The molecule has 0 N–H and O–H groups in total. The van der Waals surface area contributed by atoms with Crippen LogP contribution in [0, 0.1) is 0 Å². The summed E-state index contributed by atoms with van der Waals surface area (Å²) in [4.78, 5) is 16.8. The van der Waals surface area contributed by atoms with Crippen LogP contribution < -0.4 is 0 Å². The van der Waals surface area contributed by atoms with E-state index in [0.717, 1.165) is 15.6 Å². The van der Waals surface area contributed by atoms with E-state index in [1.165, 1.54) is 0 Å². The van der Waals surface area contributed by atoms with E-state index in [9.17, 15) is 4.79 Å². The Balaban J connectivity index is 2.14. The van der Waals surface area contributed by atoms with Gasteiger partial charge in [-0.2, -0.15) is 0 Å². The van der Waals surface area contributed by atoms with Crippen molar-refractivity contribution < 1.29 is 4.79 Å². The monoisotopic (exact) mass is 246 g/mol. The first-order chi connectivity index (χ1) is 8.20. The summed E-state index contributed by atoms with van der Waals surface area (Å²) < 4.78 is 1.97. The summed E-state index contributed by atoms with van der Waals surface area (Å²) in [7, 11) is 1.96. The van der Waals surface area contributed by atoms with Crippen LogP contribution in [0.2, 0.25) is 0 Å². The molecule has 88 valence electrons. The smallest absolute Gasteiger partial charge is 0.172 e. The van der Waals surface area contributed by atoms with Crippen molar-refractivity contribution in [3.63, 3.8) is 0 Å². The fourth-order valence-corrected chi connectivity index (χ4v) is 2.27. The van der Waals surface area contributed by atoms with Gasteiger partial charge in [-0.25, -0.2) is 4.98 Å². The van der Waals surface area contributed by atoms with Gasteiger partial charge in [0.05, 0.1) is 0 Å². The number of carbonyl (C=O) groups is 1. The average Bonchev–Trinajstić information content (AvgIpc) is 2.75. The molecule has 2 rings (SSSR count). The Morgan fingerprint density at radius 1 is 1.35 bits per heavy atom. The topological polar surface area (TPSA) is 34.9 Å². The highest BCUT2D eigenvalue weighted by Crippen LogP contribution is 2.25. The summed E-state index contributed by atoms with van der Waals surface area (Å²) in [6.45, 7) is 1.87. The van der Waals surface area contributed by atoms with Crippen molar-refractivity contribution >= 4 is 17.5 Å². The predicted octanol–water partition coefficient (Wildman–Crippen LogP) is 3.16. The minimum absolute atomic E-state index is 0.179. The summed E-state index contributed by atoms with van der Waals surface area (Å²) in [6, 6.07) is 7.67. The molecule has 0 fully saturated rings. The fraction of sp³-hybridized carbons (Fsp3) is 0.231. The van der Waals surface area contributed by atoms with Crippen LogP contribution in [-0.2, 0) is 7.05 Å². The van der Waals surface area contributed by atoms with Gasteiger partial charge in [-0.1, -0.05) is 30.8 Å². The van der Waals surface area contributed by atoms with E-state index in [1.807, 2.05) is 49.0 Å². The van der Waals surface area contributed by atoms with Gasteiger partial charge < -0.3 is 4.57 Å². The Morgan fingerprint density at radius 3 is 2.59 bits per heavy atom. The van der Waals surface area contributed by atoms with E-state index in [-0.39, 0.29) is 5.78 Å². The highest BCUT2D eigenvalue weighted by Gasteiger charge is 2.05. The molecule has 0 spiro atoms. The molecule has 0 aliphatic heterocycles. The van der Waals surface area contributed by atoms with E-state index in [2.05, 4.69) is 4.98 Å². The lowest BCUT2D eigenvalue weighted by Gasteiger charge is -2.02. The van der Waals surface area contributed by atoms with Crippen LogP contribution in [0.5, 0.6) is 0 Å². The van der Waals surface area contributed by atoms with Gasteiger partial charge in [0.25, 0.3) is 0 Å². The molecule has 2 aromatic rings. The first-order valence-electron chi connectivity index (χ1n) is 5.49. The zero-order valence-electron chi connectivity index (χ0n) is 9.88. The molecule has 1 heterocycles. The van der Waals surface area contributed by atoms with Gasteiger partial charge in [-0.15, -0.1) is 0 Å². The lowest BCUT2D eigenvalue weighted by molar-refractivity contribution is 0.0988. The summed E-state index contributed by atoms with van der Waals surface area (Å²) >= 11 is 1.59. The van der Waals surface area contributed by atoms with Crippen LogP contribution in [0.15, 0.2) is 46.7 Å². The van der Waals surface area contributed by atoms with Crippen LogP contribution in [0.25, 0.3) is 0 Å². The Morgan fingerprint density at radius 2 is 2.06 bits per heavy atom. The number of aromatic nitrogens is 2. The van der Waals surface area contributed by atoms with Gasteiger partial charge in [0.15, 0.2) is 10.9 Å². The molecule has 0 aliphatic carbocycles. The maximum atomic E-state index is 11.5. The second-order valence-corrected chi connectivity index (χ2v) is 4.76. The Hall–Kier alpha value is -1.55. The maximum Gasteiger partial charge on any atom is 0.172 e. The standard InChI is InChI=1S/C13H14N2OS/c1-3-12(16)10-4-6-11(7-5-10)17-13-14-8-9-15(13)2/h4-9H,3H2,1-2H3. The SMILES string of the molecule is CCC(=O)c1ccc(Sc2nccn2C)cc1. The predicted molar refractivity (Wildman–Crippen MR) is 68.4 cm³/mol. The molecule has 1 aromatic heterocycles. The van der Waals surface area contributed by atoms with Gasteiger partial charge in [0.2, 0.25) is 0 Å². The summed E-state index contributed by atoms with van der Waals surface area (Å²) in [5.41, 5.74) is 0.775. The lowest BCUT2D eigenvalue weighted by atomic mass is 10.1. The first-order valence-corrected chi connectivity index (χ1v) is 6.31. The molecule has 0 aliphatic rings. The van der Waals surface area contributed by atoms with Crippen LogP contribution in [-0.4, -0.2) is 15.3 Å². The second kappa shape index (κ2) is 5.19. The Kier molecular flexibility index (Phi) is 3.64. The quantitative estimate of drug-likeness (QED) is 0.777. The number of imidazole rings is 1. The molecular weight excluding hydrogens is 232 g/mol. The zero-order valence-corrected chi connectivity index (χ0v) is 10.7. The van der Waals surface area contributed by atoms with Crippen molar-refractivity contribution in [3.8, 4) is 0 Å². The van der Waals surface area contributed by atoms with Crippen molar-refractivity contribution in [2.45, 2.75) is 23.4 Å². The van der Waals surface area contributed by atoms with Crippen LogP contribution in [0.4, 0.5) is 0 Å². The van der Waals surface area contributed by atoms with Gasteiger partial charge >= 0.3 is 0 Å². The molecule has 0 atom stereocenters. The van der Waals surface area contributed by atoms with E-state index in [0.29, 0.717) is 6.42 Å². The van der Waals surface area contributed by atoms with Gasteiger partial charge in [-0.05, 0) is 12.1 Å². The van der Waals surface area contributed by atoms with Crippen LogP contribution in [0.3, 0.4) is 0 Å². The van der Waals surface area contributed by atoms with Gasteiger partial charge in [0, 0.05) is 36.3 Å². The van der Waals surface area contributed by atoms with Gasteiger partial charge in [0.1, 0.15) is 0 Å². The number of ketones is 1. The molecule has 4 heteroatoms. The number of rotatable bonds is 4. The van der Waals surface area contributed by atoms with Crippen molar-refractivity contribution in [3.05, 3.63) is 42.2 Å². The molecule has 1 aromatic carbocycles. The third kappa shape index (κ3) is 2.77. The van der Waals surface area contributed by atoms with Gasteiger partial charge in [-0.3, -0.25) is 4.79 Å². The highest BCUT2D eigenvalue weighted by molar-refractivity contribution is 7.99. The third-order valence-corrected chi connectivity index (χ3v) is 3.57. The average molecular weight is 246 g/mol. The summed E-state index contributed by atoms with van der Waals surface area (Å²) in [6.07, 6.45) is 4.24. The molecule has 0 bridgehead atoms. The fourth-order valence-electron chi connectivity index (χ4n) is 1.47. The third-order valence-electron chi connectivity index (χ3n) is 2.48. The van der Waals surface area contributed by atoms with E-state index in [4.69, 9.17) is 0 Å². The molecule has 17 heavy (non-hydrogen) atoms. The number of benzene rings is 1. The molecule has 0 radical (unpaired) electrons. The normalized spacial score (nSPS) is 10.5. The molecule has 0 saturated heterocycles. The summed E-state index contributed by atoms with van der Waals surface area (Å²) in [5, 5.41) is 0.944.